The molecular weight excluding hydrogens is 210 g/mol. The zero-order valence-electron chi connectivity index (χ0n) is 10.3. The molecule has 1 saturated heterocycles. The molecule has 0 amide bonds. The van der Waals surface area contributed by atoms with Gasteiger partial charge in [-0.25, -0.2) is 0 Å². The fourth-order valence-corrected chi connectivity index (χ4v) is 2.24. The van der Waals surface area contributed by atoms with Gasteiger partial charge in [0.05, 0.1) is 6.07 Å². The lowest BCUT2D eigenvalue weighted by molar-refractivity contribution is 0.252. The summed E-state index contributed by atoms with van der Waals surface area (Å²) in [7, 11) is 0. The van der Waals surface area contributed by atoms with E-state index in [-0.39, 0.29) is 6.04 Å². The van der Waals surface area contributed by atoms with Crippen LogP contribution in [0.15, 0.2) is 24.3 Å². The zero-order valence-corrected chi connectivity index (χ0v) is 10.3. The van der Waals surface area contributed by atoms with E-state index in [1.54, 1.807) is 0 Å². The molecule has 1 heterocycles. The van der Waals surface area contributed by atoms with E-state index in [0.29, 0.717) is 0 Å². The number of hydrogen-bond acceptors (Lipinski definition) is 3. The van der Waals surface area contributed by atoms with Gasteiger partial charge in [-0.2, -0.15) is 5.26 Å². The van der Waals surface area contributed by atoms with Crippen LogP contribution >= 0.6 is 0 Å². The third-order valence-electron chi connectivity index (χ3n) is 3.26. The van der Waals surface area contributed by atoms with E-state index >= 15 is 0 Å². The molecule has 90 valence electrons. The molecule has 1 N–H and O–H groups in total. The van der Waals surface area contributed by atoms with E-state index in [9.17, 15) is 5.26 Å². The van der Waals surface area contributed by atoms with Crippen LogP contribution in [0.3, 0.4) is 0 Å². The first-order valence-electron chi connectivity index (χ1n) is 6.22. The topological polar surface area (TPSA) is 39.1 Å². The zero-order chi connectivity index (χ0) is 12.1. The third-order valence-corrected chi connectivity index (χ3v) is 3.26. The maximum absolute atomic E-state index is 9.38. The Morgan fingerprint density at radius 3 is 2.71 bits per heavy atom. The quantitative estimate of drug-likeness (QED) is 0.841. The monoisotopic (exact) mass is 229 g/mol. The van der Waals surface area contributed by atoms with Crippen LogP contribution < -0.4 is 5.32 Å². The normalized spacial score (nSPS) is 19.3. The van der Waals surface area contributed by atoms with Crippen molar-refractivity contribution in [1.82, 2.24) is 10.2 Å². The molecule has 0 spiro atoms. The van der Waals surface area contributed by atoms with Gasteiger partial charge in [-0.05, 0) is 25.5 Å². The highest BCUT2D eigenvalue weighted by Gasteiger charge is 2.20. The van der Waals surface area contributed by atoms with Gasteiger partial charge in [-0.1, -0.05) is 29.8 Å². The van der Waals surface area contributed by atoms with Crippen LogP contribution in [0.4, 0.5) is 0 Å². The fraction of sp³-hybridized carbons (Fsp3) is 0.500. The molecule has 1 fully saturated rings. The minimum absolute atomic E-state index is 0.101. The van der Waals surface area contributed by atoms with Gasteiger partial charge in [0.15, 0.2) is 0 Å². The fourth-order valence-electron chi connectivity index (χ4n) is 2.24. The van der Waals surface area contributed by atoms with Crippen LogP contribution in [0.1, 0.15) is 23.6 Å². The standard InChI is InChI=1S/C14H19N3/c1-12-3-5-13(6-4-12)14(11-15)17-9-2-7-16-8-10-17/h3-6,14,16H,2,7-10H2,1H3. The van der Waals surface area contributed by atoms with E-state index in [1.807, 2.05) is 0 Å². The van der Waals surface area contributed by atoms with Gasteiger partial charge < -0.3 is 5.32 Å². The smallest absolute Gasteiger partial charge is 0.123 e. The molecule has 0 bridgehead atoms. The summed E-state index contributed by atoms with van der Waals surface area (Å²) < 4.78 is 0. The number of benzene rings is 1. The van der Waals surface area contributed by atoms with Crippen molar-refractivity contribution in [3.05, 3.63) is 35.4 Å². The lowest BCUT2D eigenvalue weighted by Gasteiger charge is -2.25. The molecular formula is C14H19N3. The molecule has 0 aliphatic carbocycles. The lowest BCUT2D eigenvalue weighted by Crippen LogP contribution is -2.31. The van der Waals surface area contributed by atoms with Crippen LogP contribution in [0.5, 0.6) is 0 Å². The minimum Gasteiger partial charge on any atom is -0.315 e. The summed E-state index contributed by atoms with van der Waals surface area (Å²) >= 11 is 0. The van der Waals surface area contributed by atoms with Crippen LogP contribution in [-0.4, -0.2) is 31.1 Å². The number of nitrogens with one attached hydrogen (secondary N) is 1. The Bertz CT molecular complexity index is 383. The highest BCUT2D eigenvalue weighted by Crippen LogP contribution is 2.20. The summed E-state index contributed by atoms with van der Waals surface area (Å²) in [4.78, 5) is 2.27. The van der Waals surface area contributed by atoms with Crippen LogP contribution in [-0.2, 0) is 0 Å². The van der Waals surface area contributed by atoms with Gasteiger partial charge in [-0.15, -0.1) is 0 Å². The van der Waals surface area contributed by atoms with Crippen molar-refractivity contribution >= 4 is 0 Å². The van der Waals surface area contributed by atoms with Gasteiger partial charge in [0.25, 0.3) is 0 Å². The Balaban J connectivity index is 2.15. The predicted molar refractivity (Wildman–Crippen MR) is 68.6 cm³/mol. The summed E-state index contributed by atoms with van der Waals surface area (Å²) in [5.41, 5.74) is 2.35. The first-order valence-corrected chi connectivity index (χ1v) is 6.22. The van der Waals surface area contributed by atoms with Gasteiger partial charge >= 0.3 is 0 Å². The molecule has 0 radical (unpaired) electrons. The number of hydrogen-bond donors (Lipinski definition) is 1. The second kappa shape index (κ2) is 5.81. The van der Waals surface area contributed by atoms with Crippen LogP contribution in [0.25, 0.3) is 0 Å². The Hall–Kier alpha value is -1.37. The van der Waals surface area contributed by atoms with Gasteiger partial charge in [-0.3, -0.25) is 4.90 Å². The average Bonchev–Trinajstić information content (AvgIpc) is 2.62. The van der Waals surface area contributed by atoms with E-state index in [2.05, 4.69) is 47.5 Å². The largest absolute Gasteiger partial charge is 0.315 e. The number of rotatable bonds is 2. The molecule has 0 saturated carbocycles. The van der Waals surface area contributed by atoms with Gasteiger partial charge in [0.1, 0.15) is 6.04 Å². The Kier molecular flexibility index (Phi) is 4.13. The minimum atomic E-state index is -0.101. The number of nitriles is 1. The maximum Gasteiger partial charge on any atom is 0.123 e. The molecule has 2 rings (SSSR count). The Labute approximate surface area is 103 Å². The van der Waals surface area contributed by atoms with E-state index in [0.717, 1.165) is 38.2 Å². The number of nitrogens with zero attached hydrogens (tertiary/aromatic N) is 2. The molecule has 3 heteroatoms. The molecule has 1 aromatic rings. The molecule has 17 heavy (non-hydrogen) atoms. The van der Waals surface area contributed by atoms with Crippen molar-refractivity contribution in [3.8, 4) is 6.07 Å². The highest BCUT2D eigenvalue weighted by atomic mass is 15.2. The molecule has 1 atom stereocenters. The van der Waals surface area contributed by atoms with Crippen LogP contribution in [0.2, 0.25) is 0 Å². The first-order chi connectivity index (χ1) is 8.31. The van der Waals surface area contributed by atoms with Crippen molar-refractivity contribution in [2.75, 3.05) is 26.2 Å². The van der Waals surface area contributed by atoms with Gasteiger partial charge in [0, 0.05) is 19.6 Å². The van der Waals surface area contributed by atoms with Crippen molar-refractivity contribution in [3.63, 3.8) is 0 Å². The molecule has 1 unspecified atom stereocenters. The highest BCUT2D eigenvalue weighted by molar-refractivity contribution is 5.27. The second-order valence-electron chi connectivity index (χ2n) is 4.58. The van der Waals surface area contributed by atoms with E-state index in [1.165, 1.54) is 5.56 Å². The molecule has 1 aliphatic heterocycles. The van der Waals surface area contributed by atoms with Gasteiger partial charge in [0.2, 0.25) is 0 Å². The van der Waals surface area contributed by atoms with E-state index in [4.69, 9.17) is 0 Å². The van der Waals surface area contributed by atoms with Crippen molar-refractivity contribution in [2.24, 2.45) is 0 Å². The Morgan fingerprint density at radius 1 is 1.24 bits per heavy atom. The Morgan fingerprint density at radius 2 is 2.00 bits per heavy atom. The van der Waals surface area contributed by atoms with Crippen LogP contribution in [0, 0.1) is 18.3 Å². The summed E-state index contributed by atoms with van der Waals surface area (Å²) in [6, 6.07) is 10.6. The van der Waals surface area contributed by atoms with E-state index < -0.39 is 0 Å². The third kappa shape index (κ3) is 3.06. The summed E-state index contributed by atoms with van der Waals surface area (Å²) in [6.45, 7) is 6.05. The first kappa shape index (κ1) is 12.1. The van der Waals surface area contributed by atoms with Crippen molar-refractivity contribution < 1.29 is 0 Å². The summed E-state index contributed by atoms with van der Waals surface area (Å²) in [5.74, 6) is 0. The predicted octanol–water partition coefficient (Wildman–Crippen LogP) is 1.85. The molecule has 0 aromatic heterocycles. The molecule has 3 nitrogen and oxygen atoms in total. The molecule has 1 aromatic carbocycles. The lowest BCUT2D eigenvalue weighted by atomic mass is 10.0. The number of aryl methyl sites for hydroxylation is 1. The maximum atomic E-state index is 9.38. The van der Waals surface area contributed by atoms with Crippen molar-refractivity contribution in [2.45, 2.75) is 19.4 Å². The van der Waals surface area contributed by atoms with Crippen molar-refractivity contribution in [1.29, 1.82) is 5.26 Å². The summed E-state index contributed by atoms with van der Waals surface area (Å²) in [5, 5.41) is 12.7. The SMILES string of the molecule is Cc1ccc(C(C#N)N2CCCNCC2)cc1. The summed E-state index contributed by atoms with van der Waals surface area (Å²) in [6.07, 6.45) is 1.12. The second-order valence-corrected chi connectivity index (χ2v) is 4.58. The molecule has 1 aliphatic rings. The average molecular weight is 229 g/mol.